The third-order valence-corrected chi connectivity index (χ3v) is 4.50. The summed E-state index contributed by atoms with van der Waals surface area (Å²) in [5.41, 5.74) is -0.0456. The highest BCUT2D eigenvalue weighted by Gasteiger charge is 2.40. The Labute approximate surface area is 121 Å². The largest absolute Gasteiger partial charge is 0.389 e. The maximum Gasteiger partial charge on any atom is 0.126 e. The normalized spacial score (nSPS) is 26.9. The average Bonchev–Trinajstić information content (AvgIpc) is 2.40. The van der Waals surface area contributed by atoms with Crippen LogP contribution in [0.3, 0.4) is 0 Å². The number of hydrogen-bond acceptors (Lipinski definition) is 2. The van der Waals surface area contributed by atoms with Crippen molar-refractivity contribution >= 4 is 0 Å². The van der Waals surface area contributed by atoms with E-state index in [0.29, 0.717) is 5.56 Å². The van der Waals surface area contributed by atoms with Crippen molar-refractivity contribution in [2.75, 3.05) is 20.6 Å². The molecule has 1 aromatic carbocycles. The number of aliphatic hydroxyl groups is 1. The third-order valence-electron chi connectivity index (χ3n) is 4.50. The topological polar surface area (TPSA) is 23.5 Å². The quantitative estimate of drug-likeness (QED) is 0.891. The van der Waals surface area contributed by atoms with E-state index < -0.39 is 5.60 Å². The summed E-state index contributed by atoms with van der Waals surface area (Å²) in [5, 5.41) is 11.0. The first-order valence-electron chi connectivity index (χ1n) is 7.64. The summed E-state index contributed by atoms with van der Waals surface area (Å²) in [6, 6.07) is 6.92. The van der Waals surface area contributed by atoms with E-state index in [4.69, 9.17) is 0 Å². The predicted octanol–water partition coefficient (Wildman–Crippen LogP) is 3.56. The van der Waals surface area contributed by atoms with Crippen molar-refractivity contribution in [3.05, 3.63) is 35.6 Å². The van der Waals surface area contributed by atoms with Gasteiger partial charge >= 0.3 is 0 Å². The molecule has 0 aliphatic heterocycles. The Morgan fingerprint density at radius 3 is 2.75 bits per heavy atom. The number of benzene rings is 1. The molecular formula is C17H26FNO. The van der Waals surface area contributed by atoms with Gasteiger partial charge in [0.1, 0.15) is 5.82 Å². The van der Waals surface area contributed by atoms with Crippen molar-refractivity contribution in [2.45, 2.75) is 50.0 Å². The highest BCUT2D eigenvalue weighted by Crippen LogP contribution is 2.44. The molecule has 0 aromatic heterocycles. The zero-order valence-corrected chi connectivity index (χ0v) is 12.6. The van der Waals surface area contributed by atoms with Crippen molar-refractivity contribution in [2.24, 2.45) is 0 Å². The van der Waals surface area contributed by atoms with Gasteiger partial charge in [-0.15, -0.1) is 0 Å². The van der Waals surface area contributed by atoms with E-state index >= 15 is 0 Å². The molecule has 0 amide bonds. The lowest BCUT2D eigenvalue weighted by atomic mass is 9.70. The molecule has 0 saturated heterocycles. The number of halogens is 1. The molecule has 2 nitrogen and oxygen atoms in total. The van der Waals surface area contributed by atoms with Gasteiger partial charge in [0.2, 0.25) is 0 Å². The van der Waals surface area contributed by atoms with E-state index in [9.17, 15) is 9.50 Å². The van der Waals surface area contributed by atoms with Crippen molar-refractivity contribution in [1.29, 1.82) is 0 Å². The Kier molecular flexibility index (Phi) is 5.17. The SMILES string of the molecule is CN(C)CCC[C@@]1(O)CCCC[C@H]1c1ccccc1F. The molecule has 1 aliphatic carbocycles. The van der Waals surface area contributed by atoms with Crippen molar-refractivity contribution in [3.8, 4) is 0 Å². The molecule has 2 rings (SSSR count). The van der Waals surface area contributed by atoms with Crippen LogP contribution in [0.2, 0.25) is 0 Å². The number of rotatable bonds is 5. The molecule has 1 aromatic rings. The molecule has 0 bridgehead atoms. The van der Waals surface area contributed by atoms with Gasteiger partial charge in [-0.3, -0.25) is 0 Å². The lowest BCUT2D eigenvalue weighted by molar-refractivity contribution is -0.0279. The van der Waals surface area contributed by atoms with Crippen LogP contribution >= 0.6 is 0 Å². The van der Waals surface area contributed by atoms with Gasteiger partial charge in [-0.2, -0.15) is 0 Å². The smallest absolute Gasteiger partial charge is 0.126 e. The van der Waals surface area contributed by atoms with Crippen LogP contribution in [-0.4, -0.2) is 36.2 Å². The maximum atomic E-state index is 14.0. The van der Waals surface area contributed by atoms with E-state index in [0.717, 1.165) is 45.1 Å². The minimum atomic E-state index is -0.740. The summed E-state index contributed by atoms with van der Waals surface area (Å²) < 4.78 is 14.0. The van der Waals surface area contributed by atoms with Crippen molar-refractivity contribution in [3.63, 3.8) is 0 Å². The maximum absolute atomic E-state index is 14.0. The molecule has 0 radical (unpaired) electrons. The van der Waals surface area contributed by atoms with Crippen LogP contribution in [0.15, 0.2) is 24.3 Å². The van der Waals surface area contributed by atoms with Gasteiger partial charge in [-0.1, -0.05) is 31.0 Å². The second-order valence-electron chi connectivity index (χ2n) is 6.33. The van der Waals surface area contributed by atoms with Crippen molar-refractivity contribution in [1.82, 2.24) is 4.90 Å². The second kappa shape index (κ2) is 6.68. The highest BCUT2D eigenvalue weighted by molar-refractivity contribution is 5.25. The summed E-state index contributed by atoms with van der Waals surface area (Å²) in [6.07, 6.45) is 5.51. The third kappa shape index (κ3) is 3.58. The Hall–Kier alpha value is -0.930. The van der Waals surface area contributed by atoms with Crippen LogP contribution in [-0.2, 0) is 0 Å². The Bertz CT molecular complexity index is 435. The van der Waals surface area contributed by atoms with Crippen LogP contribution in [0.5, 0.6) is 0 Å². The molecular weight excluding hydrogens is 253 g/mol. The van der Waals surface area contributed by atoms with Crippen LogP contribution in [0.4, 0.5) is 4.39 Å². The summed E-state index contributed by atoms with van der Waals surface area (Å²) in [5.74, 6) is -0.231. The molecule has 2 atom stereocenters. The monoisotopic (exact) mass is 279 g/mol. The van der Waals surface area contributed by atoms with Crippen LogP contribution < -0.4 is 0 Å². The molecule has 0 unspecified atom stereocenters. The molecule has 0 spiro atoms. The molecule has 3 heteroatoms. The van der Waals surface area contributed by atoms with Gasteiger partial charge in [-0.25, -0.2) is 4.39 Å². The molecule has 1 N–H and O–H groups in total. The van der Waals surface area contributed by atoms with Crippen LogP contribution in [0.1, 0.15) is 50.0 Å². The molecule has 20 heavy (non-hydrogen) atoms. The van der Waals surface area contributed by atoms with E-state index in [2.05, 4.69) is 4.90 Å². The fraction of sp³-hybridized carbons (Fsp3) is 0.647. The Balaban J connectivity index is 2.14. The Morgan fingerprint density at radius 1 is 1.30 bits per heavy atom. The van der Waals surface area contributed by atoms with Crippen LogP contribution in [0, 0.1) is 5.82 Å². The van der Waals surface area contributed by atoms with Gasteiger partial charge in [0.25, 0.3) is 0 Å². The van der Waals surface area contributed by atoms with Crippen LogP contribution in [0.25, 0.3) is 0 Å². The minimum Gasteiger partial charge on any atom is -0.389 e. The fourth-order valence-corrected chi connectivity index (χ4v) is 3.43. The lowest BCUT2D eigenvalue weighted by Crippen LogP contribution is -2.40. The van der Waals surface area contributed by atoms with E-state index in [1.807, 2.05) is 26.2 Å². The number of nitrogens with zero attached hydrogens (tertiary/aromatic N) is 1. The average molecular weight is 279 g/mol. The first-order valence-corrected chi connectivity index (χ1v) is 7.64. The van der Waals surface area contributed by atoms with E-state index in [1.54, 1.807) is 6.07 Å². The van der Waals surface area contributed by atoms with Gasteiger partial charge in [0.05, 0.1) is 5.60 Å². The van der Waals surface area contributed by atoms with Gasteiger partial charge in [0.15, 0.2) is 0 Å². The predicted molar refractivity (Wildman–Crippen MR) is 80.3 cm³/mol. The standard InChI is InChI=1S/C17H26FNO/c1-19(2)13-7-12-17(20)11-6-5-9-15(17)14-8-3-4-10-16(14)18/h3-4,8,10,15,20H,5-7,9,11-13H2,1-2H3/t15-,17-/m0/s1. The molecule has 1 saturated carbocycles. The second-order valence-corrected chi connectivity index (χ2v) is 6.33. The first kappa shape index (κ1) is 15.5. The van der Waals surface area contributed by atoms with Gasteiger partial charge in [0, 0.05) is 5.92 Å². The van der Waals surface area contributed by atoms with E-state index in [-0.39, 0.29) is 11.7 Å². The zero-order chi connectivity index (χ0) is 14.6. The zero-order valence-electron chi connectivity index (χ0n) is 12.6. The highest BCUT2D eigenvalue weighted by atomic mass is 19.1. The molecule has 1 fully saturated rings. The lowest BCUT2D eigenvalue weighted by Gasteiger charge is -2.41. The Morgan fingerprint density at radius 2 is 2.05 bits per heavy atom. The summed E-state index contributed by atoms with van der Waals surface area (Å²) >= 11 is 0. The minimum absolute atomic E-state index is 0.0559. The molecule has 112 valence electrons. The molecule has 1 aliphatic rings. The van der Waals surface area contributed by atoms with Gasteiger partial charge < -0.3 is 10.0 Å². The van der Waals surface area contributed by atoms with E-state index in [1.165, 1.54) is 6.07 Å². The molecule has 0 heterocycles. The van der Waals surface area contributed by atoms with Crippen molar-refractivity contribution < 1.29 is 9.50 Å². The summed E-state index contributed by atoms with van der Waals surface area (Å²) in [6.45, 7) is 0.965. The first-order chi connectivity index (χ1) is 9.53. The fourth-order valence-electron chi connectivity index (χ4n) is 3.43. The summed E-state index contributed by atoms with van der Waals surface area (Å²) in [4.78, 5) is 2.13. The number of hydrogen-bond donors (Lipinski definition) is 1. The summed E-state index contributed by atoms with van der Waals surface area (Å²) in [7, 11) is 4.08. The van der Waals surface area contributed by atoms with Gasteiger partial charge in [-0.05, 0) is 58.0 Å².